The Labute approximate surface area is 158 Å². The molecular weight excluding hydrogens is 371 g/mol. The van der Waals surface area contributed by atoms with Crippen LogP contribution in [0, 0.1) is 11.7 Å². The van der Waals surface area contributed by atoms with Crippen LogP contribution in [0.2, 0.25) is 0 Å². The molecule has 1 aromatic heterocycles. The standard InChI is InChI=1S/C18H25FN4O3S/c1-12(2)27(24,25)20-11-13-7-9-14(10-8-13)21-18-22-17(23-26-18)15-5-3-4-6-16(15)19/h3-6,12-14,20H,7-11H2,1-2H3,(H,21,22,23). The number of aromatic nitrogens is 2. The lowest BCUT2D eigenvalue weighted by Crippen LogP contribution is -2.37. The number of hydrogen-bond donors (Lipinski definition) is 2. The third kappa shape index (κ3) is 5.04. The van der Waals surface area contributed by atoms with Crippen LogP contribution in [0.5, 0.6) is 0 Å². The van der Waals surface area contributed by atoms with E-state index in [9.17, 15) is 12.8 Å². The second-order valence-corrected chi connectivity index (χ2v) is 9.53. The molecule has 0 saturated heterocycles. The molecule has 0 atom stereocenters. The summed E-state index contributed by atoms with van der Waals surface area (Å²) in [5, 5.41) is 6.62. The summed E-state index contributed by atoms with van der Waals surface area (Å²) >= 11 is 0. The zero-order valence-corrected chi connectivity index (χ0v) is 16.3. The largest absolute Gasteiger partial charge is 0.335 e. The number of anilines is 1. The molecule has 0 bridgehead atoms. The van der Waals surface area contributed by atoms with Gasteiger partial charge in [-0.2, -0.15) is 4.98 Å². The second-order valence-electron chi connectivity index (χ2n) is 7.21. The zero-order chi connectivity index (χ0) is 19.4. The van der Waals surface area contributed by atoms with Crippen molar-refractivity contribution >= 4 is 16.0 Å². The van der Waals surface area contributed by atoms with Gasteiger partial charge in [-0.1, -0.05) is 17.3 Å². The molecule has 148 valence electrons. The first-order valence-corrected chi connectivity index (χ1v) is 10.7. The average Bonchev–Trinajstić information content (AvgIpc) is 3.09. The van der Waals surface area contributed by atoms with Crippen LogP contribution in [0.15, 0.2) is 28.8 Å². The lowest BCUT2D eigenvalue weighted by molar-refractivity contribution is 0.330. The number of nitrogens with zero attached hydrogens (tertiary/aromatic N) is 2. The van der Waals surface area contributed by atoms with Crippen LogP contribution in [-0.2, 0) is 10.0 Å². The molecule has 1 aliphatic carbocycles. The lowest BCUT2D eigenvalue weighted by Gasteiger charge is -2.28. The minimum atomic E-state index is -3.22. The summed E-state index contributed by atoms with van der Waals surface area (Å²) in [5.41, 5.74) is 0.301. The monoisotopic (exact) mass is 396 g/mol. The van der Waals surface area contributed by atoms with Crippen LogP contribution < -0.4 is 10.0 Å². The number of rotatable bonds is 7. The minimum absolute atomic E-state index is 0.178. The molecule has 0 amide bonds. The fourth-order valence-corrected chi connectivity index (χ4v) is 3.92. The molecule has 0 unspecified atom stereocenters. The van der Waals surface area contributed by atoms with Crippen molar-refractivity contribution in [2.24, 2.45) is 5.92 Å². The van der Waals surface area contributed by atoms with E-state index in [1.54, 1.807) is 32.0 Å². The summed E-state index contributed by atoms with van der Waals surface area (Å²) in [4.78, 5) is 4.22. The van der Waals surface area contributed by atoms with Crippen LogP contribution >= 0.6 is 0 Å². The van der Waals surface area contributed by atoms with Gasteiger partial charge in [-0.3, -0.25) is 0 Å². The van der Waals surface area contributed by atoms with Crippen molar-refractivity contribution in [2.45, 2.75) is 50.8 Å². The van der Waals surface area contributed by atoms with Gasteiger partial charge in [0.15, 0.2) is 0 Å². The molecule has 2 N–H and O–H groups in total. The SMILES string of the molecule is CC(C)S(=O)(=O)NCC1CCC(Nc2nc(-c3ccccc3F)no2)CC1. The molecule has 0 radical (unpaired) electrons. The van der Waals surface area contributed by atoms with Gasteiger partial charge >= 0.3 is 6.01 Å². The van der Waals surface area contributed by atoms with Crippen molar-refractivity contribution in [1.82, 2.24) is 14.9 Å². The van der Waals surface area contributed by atoms with Crippen molar-refractivity contribution in [3.05, 3.63) is 30.1 Å². The van der Waals surface area contributed by atoms with Crippen LogP contribution in [0.4, 0.5) is 10.4 Å². The van der Waals surface area contributed by atoms with Crippen molar-refractivity contribution in [3.63, 3.8) is 0 Å². The van der Waals surface area contributed by atoms with Crippen LogP contribution in [0.25, 0.3) is 11.4 Å². The molecule has 1 fully saturated rings. The highest BCUT2D eigenvalue weighted by Crippen LogP contribution is 2.27. The predicted octanol–water partition coefficient (Wildman–Crippen LogP) is 3.17. The third-order valence-electron chi connectivity index (χ3n) is 4.91. The van der Waals surface area contributed by atoms with Gasteiger partial charge < -0.3 is 9.84 Å². The van der Waals surface area contributed by atoms with E-state index in [-0.39, 0.29) is 17.9 Å². The fourth-order valence-electron chi connectivity index (χ4n) is 3.12. The van der Waals surface area contributed by atoms with Crippen LogP contribution in [-0.4, -0.2) is 36.4 Å². The van der Waals surface area contributed by atoms with E-state index < -0.39 is 21.1 Å². The van der Waals surface area contributed by atoms with E-state index in [0.717, 1.165) is 25.7 Å². The highest BCUT2D eigenvalue weighted by Gasteiger charge is 2.25. The van der Waals surface area contributed by atoms with E-state index in [1.807, 2.05) is 0 Å². The molecule has 1 aliphatic rings. The molecule has 3 rings (SSSR count). The first-order chi connectivity index (χ1) is 12.8. The molecule has 1 aromatic carbocycles. The summed E-state index contributed by atoms with van der Waals surface area (Å²) in [6.45, 7) is 3.82. The molecule has 0 aliphatic heterocycles. The molecule has 2 aromatic rings. The van der Waals surface area contributed by atoms with Crippen molar-refractivity contribution < 1.29 is 17.3 Å². The Kier molecular flexibility index (Phi) is 6.11. The van der Waals surface area contributed by atoms with Gasteiger partial charge in [-0.25, -0.2) is 17.5 Å². The summed E-state index contributed by atoms with van der Waals surface area (Å²) < 4.78 is 45.4. The number of nitrogens with one attached hydrogen (secondary N) is 2. The lowest BCUT2D eigenvalue weighted by atomic mass is 9.86. The summed E-state index contributed by atoms with van der Waals surface area (Å²) in [6, 6.07) is 6.74. The number of hydrogen-bond acceptors (Lipinski definition) is 6. The number of sulfonamides is 1. The predicted molar refractivity (Wildman–Crippen MR) is 101 cm³/mol. The Hall–Kier alpha value is -2.00. The maximum atomic E-state index is 13.8. The Bertz CT molecular complexity index is 861. The molecule has 1 saturated carbocycles. The Balaban J connectivity index is 1.49. The van der Waals surface area contributed by atoms with E-state index in [1.165, 1.54) is 6.07 Å². The maximum absolute atomic E-state index is 13.8. The molecule has 9 heteroatoms. The molecule has 7 nitrogen and oxygen atoms in total. The molecule has 1 heterocycles. The highest BCUT2D eigenvalue weighted by atomic mass is 32.2. The number of halogens is 1. The van der Waals surface area contributed by atoms with Crippen molar-refractivity contribution in [2.75, 3.05) is 11.9 Å². The van der Waals surface area contributed by atoms with E-state index >= 15 is 0 Å². The Morgan fingerprint density at radius 1 is 1.22 bits per heavy atom. The smallest absolute Gasteiger partial charge is 0.322 e. The minimum Gasteiger partial charge on any atom is -0.335 e. The van der Waals surface area contributed by atoms with Crippen molar-refractivity contribution in [1.29, 1.82) is 0 Å². The van der Waals surface area contributed by atoms with Gasteiger partial charge in [0.05, 0.1) is 10.8 Å². The summed E-state index contributed by atoms with van der Waals surface area (Å²) in [6.07, 6.45) is 3.58. The van der Waals surface area contributed by atoms with Gasteiger partial charge in [0.1, 0.15) is 5.82 Å². The fraction of sp³-hybridized carbons (Fsp3) is 0.556. The zero-order valence-electron chi connectivity index (χ0n) is 15.5. The van der Waals surface area contributed by atoms with Gasteiger partial charge in [0.2, 0.25) is 15.8 Å². The Morgan fingerprint density at radius 3 is 2.59 bits per heavy atom. The molecule has 0 spiro atoms. The normalized spacial score (nSPS) is 20.7. The van der Waals surface area contributed by atoms with Gasteiger partial charge in [-0.05, 0) is 57.6 Å². The summed E-state index contributed by atoms with van der Waals surface area (Å²) in [5.74, 6) is 0.148. The van der Waals surface area contributed by atoms with Crippen molar-refractivity contribution in [3.8, 4) is 11.4 Å². The van der Waals surface area contributed by atoms with Gasteiger partial charge in [0.25, 0.3) is 0 Å². The van der Waals surface area contributed by atoms with Gasteiger partial charge in [-0.15, -0.1) is 0 Å². The molecular formula is C18H25FN4O3S. The first kappa shape index (κ1) is 19.8. The molecule has 27 heavy (non-hydrogen) atoms. The van der Waals surface area contributed by atoms with E-state index in [2.05, 4.69) is 20.2 Å². The van der Waals surface area contributed by atoms with E-state index in [0.29, 0.717) is 18.0 Å². The topological polar surface area (TPSA) is 97.1 Å². The average molecular weight is 396 g/mol. The second kappa shape index (κ2) is 8.35. The Morgan fingerprint density at radius 2 is 1.93 bits per heavy atom. The quantitative estimate of drug-likeness (QED) is 0.746. The third-order valence-corrected chi connectivity index (χ3v) is 6.72. The van der Waals surface area contributed by atoms with Gasteiger partial charge in [0, 0.05) is 12.6 Å². The maximum Gasteiger partial charge on any atom is 0.322 e. The summed E-state index contributed by atoms with van der Waals surface area (Å²) in [7, 11) is -3.22. The highest BCUT2D eigenvalue weighted by molar-refractivity contribution is 7.90. The number of benzene rings is 1. The first-order valence-electron chi connectivity index (χ1n) is 9.19. The van der Waals surface area contributed by atoms with E-state index in [4.69, 9.17) is 4.52 Å². The van der Waals surface area contributed by atoms with Crippen LogP contribution in [0.3, 0.4) is 0 Å². The van der Waals surface area contributed by atoms with Crippen LogP contribution in [0.1, 0.15) is 39.5 Å².